The summed E-state index contributed by atoms with van der Waals surface area (Å²) in [7, 11) is 7.41. The molecule has 4 aliphatic carbocycles. The van der Waals surface area contributed by atoms with E-state index in [1.807, 2.05) is 6.08 Å². The van der Waals surface area contributed by atoms with Crippen LogP contribution in [-0.4, -0.2) is 7.85 Å². The molecule has 0 aromatic rings. The molecule has 0 aromatic heterocycles. The minimum atomic E-state index is -0.121. The average Bonchev–Trinajstić information content (AvgIpc) is 2.95. The summed E-state index contributed by atoms with van der Waals surface area (Å²) in [6.07, 6.45) is 21.6. The van der Waals surface area contributed by atoms with Crippen LogP contribution >= 0.6 is 0 Å². The standard InChI is InChI=1S/C27H35B/c1-6-8-9-20(7-2)22-14-17-27(28)24-11-10-21-18-19(3)12-15-25(21,4)23(24)13-16-26(22,27)5/h6-9,14,18,23-24H,1,3,10-13,15-17H2,2,4-5H3/b9-8-,20-7+/t23-,24-,25?,26?,27+/m0/s1. The number of hydrogen-bond acceptors (Lipinski definition) is 0. The fourth-order valence-corrected chi connectivity index (χ4v) is 7.23. The summed E-state index contributed by atoms with van der Waals surface area (Å²) in [5.74, 6) is 1.32. The Kier molecular flexibility index (Phi) is 4.80. The minimum Gasteiger partial charge on any atom is -0.0991 e. The van der Waals surface area contributed by atoms with Crippen molar-refractivity contribution < 1.29 is 0 Å². The molecule has 2 saturated carbocycles. The first kappa shape index (κ1) is 19.8. The Bertz CT molecular complexity index is 821. The molecular weight excluding hydrogens is 335 g/mol. The van der Waals surface area contributed by atoms with Gasteiger partial charge < -0.3 is 0 Å². The Morgan fingerprint density at radius 3 is 2.68 bits per heavy atom. The molecule has 2 unspecified atom stereocenters. The van der Waals surface area contributed by atoms with E-state index in [1.165, 1.54) is 48.8 Å². The number of allylic oxidation sites excluding steroid dienone is 10. The monoisotopic (exact) mass is 370 g/mol. The molecule has 0 heterocycles. The summed E-state index contributed by atoms with van der Waals surface area (Å²) in [5.41, 5.74) is 6.17. The predicted molar refractivity (Wildman–Crippen MR) is 122 cm³/mol. The van der Waals surface area contributed by atoms with E-state index in [9.17, 15) is 0 Å². The molecular formula is C27H35B. The van der Waals surface area contributed by atoms with Crippen molar-refractivity contribution in [1.82, 2.24) is 0 Å². The van der Waals surface area contributed by atoms with E-state index in [0.29, 0.717) is 17.3 Å². The highest BCUT2D eigenvalue weighted by Gasteiger charge is 2.62. The van der Waals surface area contributed by atoms with Crippen molar-refractivity contribution in [2.45, 2.75) is 71.0 Å². The van der Waals surface area contributed by atoms with Crippen LogP contribution in [0.15, 0.2) is 71.9 Å². The largest absolute Gasteiger partial charge is 0.0991 e. The molecule has 0 bridgehead atoms. The molecule has 5 atom stereocenters. The maximum atomic E-state index is 7.41. The Balaban J connectivity index is 1.70. The Morgan fingerprint density at radius 1 is 1.18 bits per heavy atom. The van der Waals surface area contributed by atoms with Crippen LogP contribution in [0.5, 0.6) is 0 Å². The Morgan fingerprint density at radius 2 is 1.96 bits per heavy atom. The second-order valence-corrected chi connectivity index (χ2v) is 10.1. The van der Waals surface area contributed by atoms with Crippen molar-refractivity contribution in [1.29, 1.82) is 0 Å². The molecule has 0 N–H and O–H groups in total. The zero-order valence-electron chi connectivity index (χ0n) is 18.1. The molecule has 2 fully saturated rings. The number of fused-ring (bicyclic) bond motifs is 5. The van der Waals surface area contributed by atoms with Crippen molar-refractivity contribution in [3.63, 3.8) is 0 Å². The number of hydrogen-bond donors (Lipinski definition) is 0. The van der Waals surface area contributed by atoms with E-state index in [-0.39, 0.29) is 10.7 Å². The summed E-state index contributed by atoms with van der Waals surface area (Å²) in [6.45, 7) is 15.2. The number of rotatable bonds is 3. The van der Waals surface area contributed by atoms with Crippen LogP contribution in [0, 0.1) is 22.7 Å². The first-order valence-corrected chi connectivity index (χ1v) is 11.1. The molecule has 0 nitrogen and oxygen atoms in total. The van der Waals surface area contributed by atoms with Crippen molar-refractivity contribution in [2.75, 3.05) is 0 Å². The van der Waals surface area contributed by atoms with Gasteiger partial charge in [-0.3, -0.25) is 0 Å². The summed E-state index contributed by atoms with van der Waals surface area (Å²) in [4.78, 5) is 0. The van der Waals surface area contributed by atoms with Crippen LogP contribution in [0.3, 0.4) is 0 Å². The molecule has 0 spiro atoms. The molecule has 146 valence electrons. The van der Waals surface area contributed by atoms with Gasteiger partial charge in [-0.1, -0.05) is 79.9 Å². The highest BCUT2D eigenvalue weighted by Crippen LogP contribution is 2.74. The van der Waals surface area contributed by atoms with Gasteiger partial charge in [-0.05, 0) is 85.7 Å². The zero-order valence-corrected chi connectivity index (χ0v) is 18.1. The van der Waals surface area contributed by atoms with Crippen LogP contribution in [-0.2, 0) is 0 Å². The van der Waals surface area contributed by atoms with Crippen molar-refractivity contribution in [2.24, 2.45) is 22.7 Å². The average molecular weight is 370 g/mol. The molecule has 28 heavy (non-hydrogen) atoms. The molecule has 0 saturated heterocycles. The SMILES string of the molecule is [B][C@@]12CC=C(C(/C=C\C=C)=C/C)C1(C)CC[C@H]1[C@@H]2CCC2=CC(=C)CCC21C. The third-order valence-corrected chi connectivity index (χ3v) is 9.02. The fourth-order valence-electron chi connectivity index (χ4n) is 7.23. The molecule has 4 rings (SSSR count). The first-order chi connectivity index (χ1) is 13.3. The van der Waals surface area contributed by atoms with Gasteiger partial charge in [0.1, 0.15) is 0 Å². The minimum absolute atomic E-state index is 0.0668. The highest BCUT2D eigenvalue weighted by molar-refractivity contribution is 6.17. The van der Waals surface area contributed by atoms with Gasteiger partial charge in [0.25, 0.3) is 0 Å². The second-order valence-electron chi connectivity index (χ2n) is 10.1. The van der Waals surface area contributed by atoms with E-state index in [1.54, 1.807) is 5.57 Å². The first-order valence-electron chi connectivity index (χ1n) is 11.1. The van der Waals surface area contributed by atoms with Gasteiger partial charge in [-0.15, -0.1) is 0 Å². The normalized spacial score (nSPS) is 43.1. The second kappa shape index (κ2) is 6.79. The van der Waals surface area contributed by atoms with Gasteiger partial charge in [0.15, 0.2) is 0 Å². The van der Waals surface area contributed by atoms with E-state index in [4.69, 9.17) is 7.85 Å². The van der Waals surface area contributed by atoms with Gasteiger partial charge >= 0.3 is 0 Å². The van der Waals surface area contributed by atoms with Crippen LogP contribution < -0.4 is 0 Å². The van der Waals surface area contributed by atoms with Crippen LogP contribution in [0.2, 0.25) is 5.31 Å². The summed E-state index contributed by atoms with van der Waals surface area (Å²) >= 11 is 0. The van der Waals surface area contributed by atoms with Crippen molar-refractivity contribution in [3.8, 4) is 0 Å². The van der Waals surface area contributed by atoms with Gasteiger partial charge in [0, 0.05) is 0 Å². The van der Waals surface area contributed by atoms with E-state index in [2.05, 4.69) is 64.3 Å². The molecule has 0 aliphatic heterocycles. The lowest BCUT2D eigenvalue weighted by molar-refractivity contribution is -0.0154. The van der Waals surface area contributed by atoms with E-state index < -0.39 is 0 Å². The van der Waals surface area contributed by atoms with E-state index in [0.717, 1.165) is 12.8 Å². The van der Waals surface area contributed by atoms with Crippen molar-refractivity contribution >= 4 is 7.85 Å². The molecule has 2 radical (unpaired) electrons. The fraction of sp³-hybridized carbons (Fsp3) is 0.556. The quantitative estimate of drug-likeness (QED) is 0.358. The van der Waals surface area contributed by atoms with Gasteiger partial charge in [-0.25, -0.2) is 0 Å². The lowest BCUT2D eigenvalue weighted by Gasteiger charge is -2.63. The smallest absolute Gasteiger partial charge is 0.0766 e. The molecule has 0 amide bonds. The van der Waals surface area contributed by atoms with Crippen LogP contribution in [0.4, 0.5) is 0 Å². The summed E-state index contributed by atoms with van der Waals surface area (Å²) in [5, 5.41) is -0.121. The predicted octanol–water partition coefficient (Wildman–Crippen LogP) is 7.44. The van der Waals surface area contributed by atoms with E-state index >= 15 is 0 Å². The topological polar surface area (TPSA) is 0 Å². The van der Waals surface area contributed by atoms with Crippen LogP contribution in [0.25, 0.3) is 0 Å². The maximum absolute atomic E-state index is 7.41. The van der Waals surface area contributed by atoms with Crippen molar-refractivity contribution in [3.05, 3.63) is 71.9 Å². The van der Waals surface area contributed by atoms with Gasteiger partial charge in [-0.2, -0.15) is 0 Å². The maximum Gasteiger partial charge on any atom is 0.0766 e. The lowest BCUT2D eigenvalue weighted by Crippen LogP contribution is -2.53. The third-order valence-electron chi connectivity index (χ3n) is 9.02. The van der Waals surface area contributed by atoms with Gasteiger partial charge in [0.05, 0.1) is 7.85 Å². The Labute approximate surface area is 173 Å². The summed E-state index contributed by atoms with van der Waals surface area (Å²) in [6, 6.07) is 0. The third kappa shape index (κ3) is 2.58. The lowest BCUT2D eigenvalue weighted by atomic mass is 9.36. The Hall–Kier alpha value is -1.50. The highest BCUT2D eigenvalue weighted by atomic mass is 14.6. The van der Waals surface area contributed by atoms with Gasteiger partial charge in [0.2, 0.25) is 0 Å². The molecule has 4 aliphatic rings. The summed E-state index contributed by atoms with van der Waals surface area (Å²) < 4.78 is 0. The molecule has 0 aromatic carbocycles. The molecule has 1 heteroatoms. The zero-order chi connectivity index (χ0) is 20.2. The van der Waals surface area contributed by atoms with Crippen LogP contribution in [0.1, 0.15) is 65.7 Å².